The fraction of sp³-hybridized carbons (Fsp3) is 0.400. The van der Waals surface area contributed by atoms with Crippen LogP contribution in [0.4, 0.5) is 0 Å². The molecule has 0 radical (unpaired) electrons. The normalized spacial score (nSPS) is 16.5. The van der Waals surface area contributed by atoms with E-state index in [0.717, 1.165) is 30.5 Å². The lowest BCUT2D eigenvalue weighted by molar-refractivity contribution is 0.340. The first-order valence-electron chi connectivity index (χ1n) is 9.18. The van der Waals surface area contributed by atoms with Gasteiger partial charge in [-0.3, -0.25) is 9.59 Å². The van der Waals surface area contributed by atoms with Gasteiger partial charge < -0.3 is 14.1 Å². The first-order chi connectivity index (χ1) is 12.9. The average molecular weight is 366 g/mol. The topological polar surface area (TPSA) is 93.8 Å². The Morgan fingerprint density at radius 2 is 2.11 bits per heavy atom. The lowest BCUT2D eigenvalue weighted by atomic mass is 9.80. The number of H-pyrrole nitrogens is 1. The van der Waals surface area contributed by atoms with E-state index in [4.69, 9.17) is 4.52 Å². The third kappa shape index (κ3) is 3.25. The van der Waals surface area contributed by atoms with Gasteiger partial charge in [-0.1, -0.05) is 19.0 Å². The van der Waals surface area contributed by atoms with Crippen molar-refractivity contribution in [2.24, 2.45) is 18.9 Å². The second kappa shape index (κ2) is 6.64. The van der Waals surface area contributed by atoms with Crippen molar-refractivity contribution < 1.29 is 4.52 Å². The van der Waals surface area contributed by atoms with Crippen LogP contribution in [0, 0.1) is 11.8 Å². The Morgan fingerprint density at radius 3 is 2.85 bits per heavy atom. The second-order valence-corrected chi connectivity index (χ2v) is 7.55. The van der Waals surface area contributed by atoms with Gasteiger partial charge in [-0.25, -0.2) is 0 Å². The molecule has 0 aromatic carbocycles. The van der Waals surface area contributed by atoms with E-state index in [2.05, 4.69) is 29.0 Å². The van der Waals surface area contributed by atoms with E-state index in [-0.39, 0.29) is 22.8 Å². The van der Waals surface area contributed by atoms with Gasteiger partial charge in [-0.15, -0.1) is 0 Å². The quantitative estimate of drug-likeness (QED) is 0.769. The maximum atomic E-state index is 12.5. The smallest absolute Gasteiger partial charge is 0.259 e. The summed E-state index contributed by atoms with van der Waals surface area (Å²) in [7, 11) is 1.67. The molecule has 7 nitrogen and oxygen atoms in total. The van der Waals surface area contributed by atoms with Crippen molar-refractivity contribution in [3.05, 3.63) is 56.4 Å². The minimum atomic E-state index is -0.215. The number of hydrogen-bond donors (Lipinski definition) is 1. The molecule has 3 aromatic rings. The number of aryl methyl sites for hydroxylation is 2. The van der Waals surface area contributed by atoms with Crippen molar-refractivity contribution in [2.45, 2.75) is 33.1 Å². The number of rotatable bonds is 3. The van der Waals surface area contributed by atoms with Crippen LogP contribution in [0.25, 0.3) is 22.8 Å². The van der Waals surface area contributed by atoms with Crippen LogP contribution in [0.1, 0.15) is 31.5 Å². The molecule has 0 saturated carbocycles. The molecule has 0 bridgehead atoms. The number of pyridine rings is 2. The summed E-state index contributed by atoms with van der Waals surface area (Å²) in [5.74, 6) is 1.67. The molecule has 0 fully saturated rings. The van der Waals surface area contributed by atoms with E-state index in [0.29, 0.717) is 23.0 Å². The van der Waals surface area contributed by atoms with Gasteiger partial charge in [0.15, 0.2) is 0 Å². The second-order valence-electron chi connectivity index (χ2n) is 7.55. The Balaban J connectivity index is 1.71. The molecule has 1 aliphatic carbocycles. The molecular weight excluding hydrogens is 344 g/mol. The lowest BCUT2D eigenvalue weighted by Crippen LogP contribution is -2.23. The van der Waals surface area contributed by atoms with Crippen LogP contribution in [0.2, 0.25) is 0 Å². The molecular formula is C20H22N4O3. The van der Waals surface area contributed by atoms with Crippen molar-refractivity contribution >= 4 is 0 Å². The van der Waals surface area contributed by atoms with Gasteiger partial charge >= 0.3 is 0 Å². The molecule has 0 spiro atoms. The fourth-order valence-electron chi connectivity index (χ4n) is 3.60. The standard InChI is InChI=1S/C20H22N4O3/c1-11(2)12-4-5-16-14(8-12)9-15(19(26)21-16)18-22-20(27-23-18)13-6-7-24(3)17(25)10-13/h6-7,9-12H,4-5,8H2,1-3H3,(H,21,26)/t12-/m0/s1. The SMILES string of the molecule is CC(C)[C@H]1CCc2[nH]c(=O)c(-c3noc(-c4ccn(C)c(=O)c4)n3)cc2C1. The maximum absolute atomic E-state index is 12.5. The van der Waals surface area contributed by atoms with Crippen LogP contribution in [-0.4, -0.2) is 19.7 Å². The van der Waals surface area contributed by atoms with Crippen LogP contribution >= 0.6 is 0 Å². The Bertz CT molecular complexity index is 1110. The first-order valence-corrected chi connectivity index (χ1v) is 9.18. The Morgan fingerprint density at radius 1 is 1.30 bits per heavy atom. The Hall–Kier alpha value is -2.96. The van der Waals surface area contributed by atoms with Crippen LogP contribution in [-0.2, 0) is 19.9 Å². The lowest BCUT2D eigenvalue weighted by Gasteiger charge is -2.27. The van der Waals surface area contributed by atoms with Gasteiger partial charge in [0.05, 0.1) is 5.56 Å². The molecule has 1 atom stereocenters. The van der Waals surface area contributed by atoms with E-state index in [1.54, 1.807) is 19.3 Å². The molecule has 1 aliphatic rings. The van der Waals surface area contributed by atoms with Crippen molar-refractivity contribution in [2.75, 3.05) is 0 Å². The largest absolute Gasteiger partial charge is 0.334 e. The maximum Gasteiger partial charge on any atom is 0.259 e. The van der Waals surface area contributed by atoms with E-state index in [9.17, 15) is 9.59 Å². The average Bonchev–Trinajstić information content (AvgIpc) is 3.12. The predicted octanol–water partition coefficient (Wildman–Crippen LogP) is 2.55. The highest BCUT2D eigenvalue weighted by atomic mass is 16.5. The summed E-state index contributed by atoms with van der Waals surface area (Å²) < 4.78 is 6.75. The van der Waals surface area contributed by atoms with Gasteiger partial charge in [-0.2, -0.15) is 4.98 Å². The van der Waals surface area contributed by atoms with Crippen LogP contribution in [0.5, 0.6) is 0 Å². The highest BCUT2D eigenvalue weighted by molar-refractivity contribution is 5.59. The number of fused-ring (bicyclic) bond motifs is 1. The van der Waals surface area contributed by atoms with E-state index in [1.807, 2.05) is 6.07 Å². The minimum absolute atomic E-state index is 0.168. The number of aromatic amines is 1. The van der Waals surface area contributed by atoms with Gasteiger partial charge in [0, 0.05) is 30.6 Å². The zero-order chi connectivity index (χ0) is 19.1. The third-order valence-corrected chi connectivity index (χ3v) is 5.42. The molecule has 140 valence electrons. The summed E-state index contributed by atoms with van der Waals surface area (Å²) in [5.41, 5.74) is 2.71. The molecule has 0 amide bonds. The summed E-state index contributed by atoms with van der Waals surface area (Å²) in [6, 6.07) is 5.05. The Labute approximate surface area is 156 Å². The third-order valence-electron chi connectivity index (χ3n) is 5.42. The van der Waals surface area contributed by atoms with E-state index in [1.165, 1.54) is 10.6 Å². The molecule has 7 heteroatoms. The molecule has 1 N–H and O–H groups in total. The summed E-state index contributed by atoms with van der Waals surface area (Å²) in [6.07, 6.45) is 4.56. The molecule has 0 aliphatic heterocycles. The van der Waals surface area contributed by atoms with Crippen molar-refractivity contribution in [1.29, 1.82) is 0 Å². The van der Waals surface area contributed by atoms with Crippen molar-refractivity contribution in [1.82, 2.24) is 19.7 Å². The van der Waals surface area contributed by atoms with Gasteiger partial charge in [0.1, 0.15) is 0 Å². The zero-order valence-corrected chi connectivity index (χ0v) is 15.7. The minimum Gasteiger partial charge on any atom is -0.334 e. The van der Waals surface area contributed by atoms with Crippen LogP contribution < -0.4 is 11.1 Å². The summed E-state index contributed by atoms with van der Waals surface area (Å²) in [5, 5.41) is 3.96. The van der Waals surface area contributed by atoms with Gasteiger partial charge in [0.2, 0.25) is 5.82 Å². The van der Waals surface area contributed by atoms with Gasteiger partial charge in [0.25, 0.3) is 17.0 Å². The van der Waals surface area contributed by atoms with Gasteiger partial charge in [-0.05, 0) is 48.8 Å². The number of aromatic nitrogens is 4. The molecule has 0 unspecified atom stereocenters. The van der Waals surface area contributed by atoms with Crippen molar-refractivity contribution in [3.63, 3.8) is 0 Å². The zero-order valence-electron chi connectivity index (χ0n) is 15.7. The molecule has 3 aromatic heterocycles. The highest BCUT2D eigenvalue weighted by Gasteiger charge is 2.24. The summed E-state index contributed by atoms with van der Waals surface area (Å²) in [4.78, 5) is 31.7. The number of hydrogen-bond acceptors (Lipinski definition) is 5. The highest BCUT2D eigenvalue weighted by Crippen LogP contribution is 2.30. The van der Waals surface area contributed by atoms with E-state index < -0.39 is 0 Å². The van der Waals surface area contributed by atoms with Crippen LogP contribution in [0.3, 0.4) is 0 Å². The van der Waals surface area contributed by atoms with Crippen LogP contribution in [0.15, 0.2) is 38.5 Å². The summed E-state index contributed by atoms with van der Waals surface area (Å²) in [6.45, 7) is 4.47. The molecule has 27 heavy (non-hydrogen) atoms. The summed E-state index contributed by atoms with van der Waals surface area (Å²) >= 11 is 0. The fourth-order valence-corrected chi connectivity index (χ4v) is 3.60. The van der Waals surface area contributed by atoms with E-state index >= 15 is 0 Å². The first kappa shape index (κ1) is 17.5. The van der Waals surface area contributed by atoms with Crippen molar-refractivity contribution in [3.8, 4) is 22.8 Å². The Kier molecular flexibility index (Phi) is 4.30. The number of nitrogens with one attached hydrogen (secondary N) is 1. The molecule has 0 saturated heterocycles. The number of nitrogens with zero attached hydrogens (tertiary/aromatic N) is 3. The predicted molar refractivity (Wildman–Crippen MR) is 101 cm³/mol. The molecule has 4 rings (SSSR count). The monoisotopic (exact) mass is 366 g/mol. The molecule has 3 heterocycles.